The monoisotopic (exact) mass is 384 g/mol. The van der Waals surface area contributed by atoms with Gasteiger partial charge in [-0.15, -0.1) is 6.58 Å². The van der Waals surface area contributed by atoms with E-state index in [4.69, 9.17) is 14.6 Å². The van der Waals surface area contributed by atoms with Gasteiger partial charge in [0.15, 0.2) is 0 Å². The molecule has 0 aromatic carbocycles. The molecule has 162 valence electrons. The van der Waals surface area contributed by atoms with Gasteiger partial charge in [-0.25, -0.2) is 0 Å². The van der Waals surface area contributed by atoms with Crippen LogP contribution in [-0.4, -0.2) is 37.6 Å². The quantitative estimate of drug-likeness (QED) is 0.155. The number of hydrogen-bond acceptors (Lipinski definition) is 3. The first-order valence-electron chi connectivity index (χ1n) is 11.8. The smallest absolute Gasteiger partial charge is 0.104 e. The van der Waals surface area contributed by atoms with Gasteiger partial charge in [0.25, 0.3) is 0 Å². The highest BCUT2D eigenvalue weighted by Gasteiger charge is 2.06. The van der Waals surface area contributed by atoms with Gasteiger partial charge in [-0.3, -0.25) is 0 Å². The molecule has 3 heteroatoms. The average molecular weight is 385 g/mol. The molecule has 0 aromatic rings. The first kappa shape index (κ1) is 26.6. The highest BCUT2D eigenvalue weighted by molar-refractivity contribution is 4.66. The van der Waals surface area contributed by atoms with Gasteiger partial charge in [0.05, 0.1) is 19.8 Å². The number of aliphatic hydroxyl groups excluding tert-OH is 1. The van der Waals surface area contributed by atoms with E-state index in [2.05, 4.69) is 13.5 Å². The van der Waals surface area contributed by atoms with Crippen molar-refractivity contribution in [3.8, 4) is 0 Å². The fraction of sp³-hybridized carbons (Fsp3) is 0.917. The normalized spacial score (nSPS) is 12.4. The summed E-state index contributed by atoms with van der Waals surface area (Å²) in [5.74, 6) is 0. The van der Waals surface area contributed by atoms with Crippen LogP contribution in [0.4, 0.5) is 0 Å². The zero-order chi connectivity index (χ0) is 19.8. The van der Waals surface area contributed by atoms with Crippen molar-refractivity contribution in [3.05, 3.63) is 12.7 Å². The maximum Gasteiger partial charge on any atom is 0.104 e. The molecule has 0 aliphatic carbocycles. The Bertz CT molecular complexity index is 281. The number of aliphatic hydroxyl groups is 1. The Morgan fingerprint density at radius 2 is 1.19 bits per heavy atom. The molecule has 0 aliphatic rings. The molecule has 0 radical (unpaired) electrons. The van der Waals surface area contributed by atoms with Crippen LogP contribution in [0.5, 0.6) is 0 Å². The molecule has 0 spiro atoms. The molecule has 3 nitrogen and oxygen atoms in total. The van der Waals surface area contributed by atoms with Gasteiger partial charge in [-0.2, -0.15) is 0 Å². The van der Waals surface area contributed by atoms with Gasteiger partial charge in [0, 0.05) is 6.61 Å². The average Bonchev–Trinajstić information content (AvgIpc) is 2.69. The fourth-order valence-corrected chi connectivity index (χ4v) is 3.32. The minimum Gasteiger partial charge on any atom is -0.394 e. The molecule has 1 atom stereocenters. The summed E-state index contributed by atoms with van der Waals surface area (Å²) in [5.41, 5.74) is 0. The van der Waals surface area contributed by atoms with Crippen molar-refractivity contribution in [2.24, 2.45) is 0 Å². The molecule has 0 heterocycles. The predicted octanol–water partition coefficient (Wildman–Crippen LogP) is 6.83. The largest absolute Gasteiger partial charge is 0.394 e. The molecule has 1 N–H and O–H groups in total. The molecule has 0 aliphatic heterocycles. The summed E-state index contributed by atoms with van der Waals surface area (Å²) in [5, 5.41) is 9.16. The van der Waals surface area contributed by atoms with Gasteiger partial charge in [-0.05, 0) is 6.42 Å². The van der Waals surface area contributed by atoms with Crippen LogP contribution in [0.15, 0.2) is 12.7 Å². The number of rotatable bonds is 23. The van der Waals surface area contributed by atoms with Crippen molar-refractivity contribution in [1.82, 2.24) is 0 Å². The molecule has 0 amide bonds. The van der Waals surface area contributed by atoms with Crippen LogP contribution in [0.3, 0.4) is 0 Å². The van der Waals surface area contributed by atoms with Crippen molar-refractivity contribution >= 4 is 0 Å². The van der Waals surface area contributed by atoms with E-state index in [1.54, 1.807) is 6.08 Å². The van der Waals surface area contributed by atoms with Gasteiger partial charge in [0.1, 0.15) is 6.10 Å². The van der Waals surface area contributed by atoms with Crippen molar-refractivity contribution in [3.63, 3.8) is 0 Å². The summed E-state index contributed by atoms with van der Waals surface area (Å²) in [4.78, 5) is 0. The minimum absolute atomic E-state index is 0.00674. The van der Waals surface area contributed by atoms with Crippen LogP contribution in [0.1, 0.15) is 110 Å². The van der Waals surface area contributed by atoms with Crippen LogP contribution in [-0.2, 0) is 9.47 Å². The zero-order valence-corrected chi connectivity index (χ0v) is 18.3. The molecule has 0 fully saturated rings. The van der Waals surface area contributed by atoms with Gasteiger partial charge < -0.3 is 14.6 Å². The van der Waals surface area contributed by atoms with Crippen molar-refractivity contribution in [2.75, 3.05) is 26.4 Å². The van der Waals surface area contributed by atoms with Crippen LogP contribution in [0.2, 0.25) is 0 Å². The van der Waals surface area contributed by atoms with Gasteiger partial charge >= 0.3 is 0 Å². The molecule has 0 saturated carbocycles. The Hall–Kier alpha value is -0.380. The van der Waals surface area contributed by atoms with E-state index in [1.807, 2.05) is 0 Å². The van der Waals surface area contributed by atoms with Gasteiger partial charge in [-0.1, -0.05) is 109 Å². The first-order valence-corrected chi connectivity index (χ1v) is 11.8. The molecule has 27 heavy (non-hydrogen) atoms. The van der Waals surface area contributed by atoms with E-state index in [0.29, 0.717) is 13.2 Å². The Kier molecular flexibility index (Phi) is 23.3. The van der Waals surface area contributed by atoms with E-state index in [0.717, 1.165) is 13.0 Å². The maximum atomic E-state index is 9.16. The third kappa shape index (κ3) is 21.8. The first-order chi connectivity index (χ1) is 13.3. The summed E-state index contributed by atoms with van der Waals surface area (Å²) in [6.07, 6.45) is 23.6. The second kappa shape index (κ2) is 23.7. The number of ether oxygens (including phenoxy) is 2. The Morgan fingerprint density at radius 1 is 0.741 bits per heavy atom. The zero-order valence-electron chi connectivity index (χ0n) is 18.3. The van der Waals surface area contributed by atoms with E-state index >= 15 is 0 Å². The summed E-state index contributed by atoms with van der Waals surface area (Å²) < 4.78 is 11.0. The molecular weight excluding hydrogens is 336 g/mol. The second-order valence-corrected chi connectivity index (χ2v) is 7.80. The molecule has 0 bridgehead atoms. The van der Waals surface area contributed by atoms with Crippen molar-refractivity contribution in [1.29, 1.82) is 0 Å². The van der Waals surface area contributed by atoms with Crippen molar-refractivity contribution < 1.29 is 14.6 Å². The Morgan fingerprint density at radius 3 is 1.59 bits per heavy atom. The third-order valence-electron chi connectivity index (χ3n) is 5.10. The summed E-state index contributed by atoms with van der Waals surface area (Å²) in [6.45, 7) is 7.61. The molecule has 0 aromatic heterocycles. The number of unbranched alkanes of at least 4 members (excludes halogenated alkanes) is 15. The highest BCUT2D eigenvalue weighted by atomic mass is 16.5. The maximum absolute atomic E-state index is 9.16. The fourth-order valence-electron chi connectivity index (χ4n) is 3.32. The summed E-state index contributed by atoms with van der Waals surface area (Å²) >= 11 is 0. The lowest BCUT2D eigenvalue weighted by Gasteiger charge is -2.14. The molecule has 0 saturated heterocycles. The van der Waals surface area contributed by atoms with Crippen molar-refractivity contribution in [2.45, 2.75) is 116 Å². The second-order valence-electron chi connectivity index (χ2n) is 7.80. The minimum atomic E-state index is -0.218. The summed E-state index contributed by atoms with van der Waals surface area (Å²) in [6, 6.07) is 0. The molecule has 0 rings (SSSR count). The van der Waals surface area contributed by atoms with E-state index in [1.165, 1.54) is 96.3 Å². The Balaban J connectivity index is 3.11. The standard InChI is InChI=1S/C24H48O3/c1-3-5-6-7-8-9-10-11-12-13-14-15-16-17-18-19-21-26-23-24(22-25)27-20-4-2/h4,24-25H,2-3,5-23H2,1H3. The van der Waals surface area contributed by atoms with Crippen LogP contribution in [0, 0.1) is 0 Å². The lowest BCUT2D eigenvalue weighted by atomic mass is 10.0. The van der Waals surface area contributed by atoms with E-state index in [-0.39, 0.29) is 12.7 Å². The SMILES string of the molecule is C=CCOC(CO)COCCCCCCCCCCCCCCCCCC. The molecular formula is C24H48O3. The van der Waals surface area contributed by atoms with E-state index < -0.39 is 0 Å². The van der Waals surface area contributed by atoms with E-state index in [9.17, 15) is 0 Å². The van der Waals surface area contributed by atoms with Gasteiger partial charge in [0.2, 0.25) is 0 Å². The van der Waals surface area contributed by atoms with Crippen LogP contribution >= 0.6 is 0 Å². The highest BCUT2D eigenvalue weighted by Crippen LogP contribution is 2.13. The van der Waals surface area contributed by atoms with Crippen LogP contribution in [0.25, 0.3) is 0 Å². The third-order valence-corrected chi connectivity index (χ3v) is 5.10. The summed E-state index contributed by atoms with van der Waals surface area (Å²) in [7, 11) is 0. The van der Waals surface area contributed by atoms with Crippen LogP contribution < -0.4 is 0 Å². The number of hydrogen-bond donors (Lipinski definition) is 1. The lowest BCUT2D eigenvalue weighted by molar-refractivity contribution is -0.0331. The lowest BCUT2D eigenvalue weighted by Crippen LogP contribution is -2.24. The Labute approximate surface area is 169 Å². The predicted molar refractivity (Wildman–Crippen MR) is 117 cm³/mol. The molecule has 1 unspecified atom stereocenters. The topological polar surface area (TPSA) is 38.7 Å².